The maximum Gasteiger partial charge on any atom is -0.0229 e. The lowest BCUT2D eigenvalue weighted by Crippen LogP contribution is -2.52. The molecular weight excluding hydrogens is 324 g/mol. The van der Waals surface area contributed by atoms with E-state index in [0.717, 1.165) is 29.6 Å². The smallest absolute Gasteiger partial charge is 0.0229 e. The van der Waals surface area contributed by atoms with Gasteiger partial charge in [0.25, 0.3) is 0 Å². The zero-order chi connectivity index (χ0) is 18.9. The lowest BCUT2D eigenvalue weighted by atomic mass is 9.45. The average Bonchev–Trinajstić information content (AvgIpc) is 3.00. The van der Waals surface area contributed by atoms with Gasteiger partial charge >= 0.3 is 0 Å². The zero-order valence-electron chi connectivity index (χ0n) is 18.6. The fourth-order valence-corrected chi connectivity index (χ4v) is 8.59. The van der Waals surface area contributed by atoms with Gasteiger partial charge in [-0.3, -0.25) is 0 Å². The summed E-state index contributed by atoms with van der Waals surface area (Å²) in [6.07, 6.45) is 27.4. The van der Waals surface area contributed by atoms with Crippen LogP contribution in [-0.2, 0) is 0 Å². The van der Waals surface area contributed by atoms with E-state index in [0.29, 0.717) is 10.8 Å². The molecule has 7 atom stereocenters. The van der Waals surface area contributed by atoms with Crippen molar-refractivity contribution in [3.63, 3.8) is 0 Å². The lowest BCUT2D eigenvalue weighted by Gasteiger charge is -2.60. The lowest BCUT2D eigenvalue weighted by molar-refractivity contribution is -0.0968. The van der Waals surface area contributed by atoms with Crippen LogP contribution in [0.15, 0.2) is 12.2 Å². The molecule has 3 fully saturated rings. The molecular formula is C27H46. The van der Waals surface area contributed by atoms with Crippen molar-refractivity contribution in [3.05, 3.63) is 12.2 Å². The van der Waals surface area contributed by atoms with Gasteiger partial charge in [-0.25, -0.2) is 0 Å². The Hall–Kier alpha value is -0.260. The highest BCUT2D eigenvalue weighted by molar-refractivity contribution is 5.12. The van der Waals surface area contributed by atoms with Gasteiger partial charge in [-0.1, -0.05) is 71.4 Å². The first-order chi connectivity index (χ1) is 13.1. The highest BCUT2D eigenvalue weighted by Gasteiger charge is 2.58. The molecule has 0 heteroatoms. The Morgan fingerprint density at radius 3 is 2.41 bits per heavy atom. The molecule has 0 aromatic heterocycles. The molecule has 0 bridgehead atoms. The topological polar surface area (TPSA) is 0 Å². The molecule has 0 spiro atoms. The molecule has 0 aromatic rings. The molecule has 0 aromatic carbocycles. The first-order valence-corrected chi connectivity index (χ1v) is 12.7. The molecule has 0 radical (unpaired) electrons. The Morgan fingerprint density at radius 2 is 1.56 bits per heavy atom. The van der Waals surface area contributed by atoms with Crippen molar-refractivity contribution in [2.45, 2.75) is 117 Å². The van der Waals surface area contributed by atoms with E-state index in [4.69, 9.17) is 0 Å². The Bertz CT molecular complexity index is 518. The minimum atomic E-state index is 0.635. The van der Waals surface area contributed by atoms with Crippen molar-refractivity contribution in [2.75, 3.05) is 0 Å². The van der Waals surface area contributed by atoms with Gasteiger partial charge in [-0.2, -0.15) is 0 Å². The number of unbranched alkanes of at least 4 members (excludes halogenated alkanes) is 5. The van der Waals surface area contributed by atoms with E-state index in [1.54, 1.807) is 38.5 Å². The van der Waals surface area contributed by atoms with E-state index in [-0.39, 0.29) is 0 Å². The predicted octanol–water partition coefficient (Wildman–Crippen LogP) is 8.56. The quantitative estimate of drug-likeness (QED) is 0.311. The molecule has 3 unspecified atom stereocenters. The Balaban J connectivity index is 1.37. The summed E-state index contributed by atoms with van der Waals surface area (Å²) in [6.45, 7) is 7.74. The van der Waals surface area contributed by atoms with Gasteiger partial charge in [0.15, 0.2) is 0 Å². The van der Waals surface area contributed by atoms with Crippen molar-refractivity contribution in [3.8, 4) is 0 Å². The summed E-state index contributed by atoms with van der Waals surface area (Å²) < 4.78 is 0. The van der Waals surface area contributed by atoms with Crippen molar-refractivity contribution in [2.24, 2.45) is 40.4 Å². The van der Waals surface area contributed by atoms with Gasteiger partial charge < -0.3 is 0 Å². The molecule has 0 heterocycles. The van der Waals surface area contributed by atoms with Crippen LogP contribution in [0.3, 0.4) is 0 Å². The number of allylic oxidation sites excluding steroid dienone is 2. The van der Waals surface area contributed by atoms with Crippen LogP contribution in [0.2, 0.25) is 0 Å². The van der Waals surface area contributed by atoms with Gasteiger partial charge in [0, 0.05) is 0 Å². The van der Waals surface area contributed by atoms with Crippen LogP contribution in [0.1, 0.15) is 117 Å². The molecule has 0 aliphatic heterocycles. The molecule has 4 aliphatic carbocycles. The van der Waals surface area contributed by atoms with Crippen molar-refractivity contribution in [1.82, 2.24) is 0 Å². The summed E-state index contributed by atoms with van der Waals surface area (Å²) in [5.41, 5.74) is 1.33. The Morgan fingerprint density at radius 1 is 0.778 bits per heavy atom. The van der Waals surface area contributed by atoms with E-state index >= 15 is 0 Å². The number of rotatable bonds is 7. The molecule has 154 valence electrons. The van der Waals surface area contributed by atoms with Gasteiger partial charge in [0.2, 0.25) is 0 Å². The van der Waals surface area contributed by atoms with Crippen LogP contribution in [0.4, 0.5) is 0 Å². The van der Waals surface area contributed by atoms with E-state index in [2.05, 4.69) is 32.9 Å². The average molecular weight is 371 g/mol. The summed E-state index contributed by atoms with van der Waals surface area (Å²) in [5.74, 6) is 5.20. The molecule has 27 heavy (non-hydrogen) atoms. The third-order valence-corrected chi connectivity index (χ3v) is 10.3. The maximum atomic E-state index is 2.73. The summed E-state index contributed by atoms with van der Waals surface area (Å²) in [7, 11) is 0. The van der Waals surface area contributed by atoms with Crippen molar-refractivity contribution in [1.29, 1.82) is 0 Å². The highest BCUT2D eigenvalue weighted by Crippen LogP contribution is 2.67. The minimum absolute atomic E-state index is 0.635. The van der Waals surface area contributed by atoms with Crippen LogP contribution in [-0.4, -0.2) is 0 Å². The standard InChI is InChI=1S/C27H46/c1-4-5-6-7-8-9-12-22-15-17-24-23-16-14-21-13-10-11-19-26(21,2)25(23)18-20-27(22,24)3/h10-11,21-25H,4-9,12-20H2,1-3H3/t21-,22+,23?,24?,25?,26+,27-/m1/s1. The van der Waals surface area contributed by atoms with Crippen LogP contribution >= 0.6 is 0 Å². The summed E-state index contributed by atoms with van der Waals surface area (Å²) in [4.78, 5) is 0. The van der Waals surface area contributed by atoms with Gasteiger partial charge in [0.1, 0.15) is 0 Å². The zero-order valence-corrected chi connectivity index (χ0v) is 18.6. The molecule has 0 amide bonds. The third kappa shape index (κ3) is 3.57. The largest absolute Gasteiger partial charge is 0.0882 e. The second-order valence-corrected chi connectivity index (χ2v) is 11.4. The number of hydrogen-bond acceptors (Lipinski definition) is 0. The van der Waals surface area contributed by atoms with E-state index in [1.165, 1.54) is 57.8 Å². The molecule has 0 saturated heterocycles. The highest BCUT2D eigenvalue weighted by atomic mass is 14.6. The number of hydrogen-bond donors (Lipinski definition) is 0. The first-order valence-electron chi connectivity index (χ1n) is 12.7. The molecule has 0 nitrogen and oxygen atoms in total. The van der Waals surface area contributed by atoms with E-state index in [9.17, 15) is 0 Å². The Labute approximate surface area is 170 Å². The predicted molar refractivity (Wildman–Crippen MR) is 118 cm³/mol. The normalized spacial score (nSPS) is 46.0. The molecule has 3 saturated carbocycles. The summed E-state index contributed by atoms with van der Waals surface area (Å²) in [6, 6.07) is 0. The number of fused-ring (bicyclic) bond motifs is 5. The van der Waals surface area contributed by atoms with Crippen LogP contribution in [0, 0.1) is 40.4 Å². The third-order valence-electron chi connectivity index (χ3n) is 10.3. The second-order valence-electron chi connectivity index (χ2n) is 11.4. The molecule has 4 aliphatic rings. The second kappa shape index (κ2) is 8.23. The van der Waals surface area contributed by atoms with E-state index < -0.39 is 0 Å². The minimum Gasteiger partial charge on any atom is -0.0882 e. The van der Waals surface area contributed by atoms with Gasteiger partial charge in [-0.15, -0.1) is 0 Å². The summed E-state index contributed by atoms with van der Waals surface area (Å²) >= 11 is 0. The molecule has 4 rings (SSSR count). The van der Waals surface area contributed by atoms with Gasteiger partial charge in [0.05, 0.1) is 0 Å². The van der Waals surface area contributed by atoms with Crippen molar-refractivity contribution < 1.29 is 0 Å². The molecule has 0 N–H and O–H groups in total. The van der Waals surface area contributed by atoms with E-state index in [1.807, 2.05) is 0 Å². The van der Waals surface area contributed by atoms with Crippen molar-refractivity contribution >= 4 is 0 Å². The van der Waals surface area contributed by atoms with Crippen LogP contribution in [0.5, 0.6) is 0 Å². The van der Waals surface area contributed by atoms with Crippen LogP contribution in [0.25, 0.3) is 0 Å². The fraction of sp³-hybridized carbons (Fsp3) is 0.926. The Kier molecular flexibility index (Phi) is 6.11. The summed E-state index contributed by atoms with van der Waals surface area (Å²) in [5, 5.41) is 0. The fourth-order valence-electron chi connectivity index (χ4n) is 8.59. The van der Waals surface area contributed by atoms with Gasteiger partial charge in [-0.05, 0) is 98.2 Å². The monoisotopic (exact) mass is 370 g/mol. The first kappa shape index (κ1) is 20.0. The maximum absolute atomic E-state index is 2.73. The SMILES string of the molecule is CCCCCCCC[C@H]1CCC2C3CC[C@H]4CC=CC[C@]4(C)C3CC[C@@]21C. The van der Waals surface area contributed by atoms with Crippen LogP contribution < -0.4 is 0 Å².